The number of carbonyl (C=O) groups excluding carboxylic acids is 1. The maximum atomic E-state index is 13.2. The molecular formula is C18H15Br2NOS2. The molecule has 0 N–H and O–H groups in total. The average molecular weight is 485 g/mol. The number of carbonyl (C=O) groups is 1. The molecule has 2 saturated heterocycles. The molecule has 0 aromatic carbocycles. The van der Waals surface area contributed by atoms with Crippen LogP contribution >= 0.6 is 54.5 Å². The van der Waals surface area contributed by atoms with Gasteiger partial charge < -0.3 is 0 Å². The summed E-state index contributed by atoms with van der Waals surface area (Å²) < 4.78 is 2.14. The quantitative estimate of drug-likeness (QED) is 0.498. The van der Waals surface area contributed by atoms with Gasteiger partial charge in [0.15, 0.2) is 5.78 Å². The second-order valence-electron chi connectivity index (χ2n) is 6.14. The van der Waals surface area contributed by atoms with Gasteiger partial charge in [0.05, 0.1) is 0 Å². The molecule has 0 aliphatic carbocycles. The minimum atomic E-state index is 0.217. The number of halogens is 2. The van der Waals surface area contributed by atoms with Gasteiger partial charge in [0.1, 0.15) is 0 Å². The Kier molecular flexibility index (Phi) is 4.69. The van der Waals surface area contributed by atoms with Gasteiger partial charge in [-0.2, -0.15) is 0 Å². The van der Waals surface area contributed by atoms with Gasteiger partial charge in [0, 0.05) is 52.7 Å². The van der Waals surface area contributed by atoms with Crippen molar-refractivity contribution in [2.24, 2.45) is 0 Å². The fraction of sp³-hybridized carbons (Fsp3) is 0.278. The smallest absolute Gasteiger partial charge is 0.188 e. The number of piperidine rings is 1. The molecule has 6 heteroatoms. The lowest BCUT2D eigenvalue weighted by Gasteiger charge is -2.34. The molecule has 2 aliphatic rings. The summed E-state index contributed by atoms with van der Waals surface area (Å²) in [5.74, 6) is 0.217. The SMILES string of the molecule is CN1[C@H]2CC[C@H]1/C(=C\c1cc(Br)cs1)C(=O)/C2=C\c1cc(Br)cs1. The van der Waals surface area contributed by atoms with Crippen LogP contribution in [-0.2, 0) is 4.79 Å². The van der Waals surface area contributed by atoms with Crippen molar-refractivity contribution in [3.8, 4) is 0 Å². The van der Waals surface area contributed by atoms with E-state index in [1.807, 2.05) is 0 Å². The Morgan fingerprint density at radius 1 is 1.00 bits per heavy atom. The van der Waals surface area contributed by atoms with Crippen LogP contribution in [0.4, 0.5) is 0 Å². The average Bonchev–Trinajstić information content (AvgIpc) is 3.21. The number of likely N-dealkylation sites (N-methyl/N-ethyl adjacent to an activating group) is 1. The minimum Gasteiger partial charge on any atom is -0.292 e. The Morgan fingerprint density at radius 2 is 1.46 bits per heavy atom. The van der Waals surface area contributed by atoms with E-state index in [0.717, 1.165) is 42.7 Å². The number of Topliss-reactive ketones (excluding diaryl/α,β-unsaturated/α-hetero) is 1. The lowest BCUT2D eigenvalue weighted by atomic mass is 9.90. The first kappa shape index (κ1) is 16.9. The van der Waals surface area contributed by atoms with Crippen molar-refractivity contribution in [1.29, 1.82) is 0 Å². The molecule has 0 amide bonds. The number of hydrogen-bond donors (Lipinski definition) is 0. The van der Waals surface area contributed by atoms with Crippen LogP contribution in [0.3, 0.4) is 0 Å². The summed E-state index contributed by atoms with van der Waals surface area (Å²) in [5, 5.41) is 4.11. The summed E-state index contributed by atoms with van der Waals surface area (Å²) in [4.78, 5) is 17.8. The summed E-state index contributed by atoms with van der Waals surface area (Å²) in [6.45, 7) is 0. The highest BCUT2D eigenvalue weighted by Gasteiger charge is 2.44. The molecule has 4 heterocycles. The highest BCUT2D eigenvalue weighted by molar-refractivity contribution is 9.10. The summed E-state index contributed by atoms with van der Waals surface area (Å²) >= 11 is 10.3. The van der Waals surface area contributed by atoms with Crippen LogP contribution in [0.1, 0.15) is 22.6 Å². The highest BCUT2D eigenvalue weighted by Crippen LogP contribution is 2.41. The number of hydrogen-bond acceptors (Lipinski definition) is 4. The van der Waals surface area contributed by atoms with Crippen molar-refractivity contribution in [1.82, 2.24) is 4.90 Å². The van der Waals surface area contributed by atoms with Gasteiger partial charge in [0.25, 0.3) is 0 Å². The molecule has 2 atom stereocenters. The van der Waals surface area contributed by atoms with Gasteiger partial charge in [-0.3, -0.25) is 9.69 Å². The van der Waals surface area contributed by atoms with Gasteiger partial charge in [-0.1, -0.05) is 0 Å². The van der Waals surface area contributed by atoms with E-state index >= 15 is 0 Å². The Bertz CT molecular complexity index is 796. The van der Waals surface area contributed by atoms with Crippen molar-refractivity contribution < 1.29 is 4.79 Å². The summed E-state index contributed by atoms with van der Waals surface area (Å²) in [6, 6.07) is 4.64. The van der Waals surface area contributed by atoms with E-state index in [0.29, 0.717) is 0 Å². The second kappa shape index (κ2) is 6.65. The monoisotopic (exact) mass is 483 g/mol. The topological polar surface area (TPSA) is 20.3 Å². The summed E-state index contributed by atoms with van der Waals surface area (Å²) in [7, 11) is 2.14. The first-order chi connectivity index (χ1) is 11.5. The van der Waals surface area contributed by atoms with Crippen LogP contribution in [0, 0.1) is 0 Å². The van der Waals surface area contributed by atoms with E-state index in [9.17, 15) is 4.79 Å². The Hall–Kier alpha value is -0.530. The number of fused-ring (bicyclic) bond motifs is 2. The molecule has 0 unspecified atom stereocenters. The second-order valence-corrected chi connectivity index (χ2v) is 9.85. The van der Waals surface area contributed by atoms with Crippen LogP contribution in [0.2, 0.25) is 0 Å². The maximum Gasteiger partial charge on any atom is 0.188 e. The van der Waals surface area contributed by atoms with Gasteiger partial charge >= 0.3 is 0 Å². The Balaban J connectivity index is 1.77. The fourth-order valence-corrected chi connectivity index (χ4v) is 6.37. The van der Waals surface area contributed by atoms with Crippen LogP contribution in [-0.4, -0.2) is 29.8 Å². The number of ketones is 1. The third kappa shape index (κ3) is 3.03. The van der Waals surface area contributed by atoms with Crippen molar-refractivity contribution in [3.05, 3.63) is 52.7 Å². The largest absolute Gasteiger partial charge is 0.292 e. The van der Waals surface area contributed by atoms with Crippen LogP contribution < -0.4 is 0 Å². The molecule has 24 heavy (non-hydrogen) atoms. The normalized spacial score (nSPS) is 27.5. The predicted molar refractivity (Wildman–Crippen MR) is 110 cm³/mol. The zero-order chi connectivity index (χ0) is 16.8. The molecular weight excluding hydrogens is 470 g/mol. The summed E-state index contributed by atoms with van der Waals surface area (Å²) in [6.07, 6.45) is 6.27. The molecule has 2 aromatic rings. The number of nitrogens with zero attached hydrogens (tertiary/aromatic N) is 1. The molecule has 0 radical (unpaired) electrons. The number of rotatable bonds is 2. The molecule has 2 aromatic heterocycles. The van der Waals surface area contributed by atoms with E-state index in [-0.39, 0.29) is 17.9 Å². The fourth-order valence-electron chi connectivity index (χ4n) is 3.60. The standard InChI is InChI=1S/C18H15Br2NOS2/c1-21-16-2-3-17(21)15(7-13-5-11(20)9-24-13)18(22)14(16)6-12-4-10(19)8-23-12/h4-9,16-17H,2-3H2,1H3/b14-6-,15-7+/t16-,17-/m0/s1. The lowest BCUT2D eigenvalue weighted by Crippen LogP contribution is -2.43. The predicted octanol–water partition coefficient (Wildman–Crippen LogP) is 5.85. The highest BCUT2D eigenvalue weighted by atomic mass is 79.9. The molecule has 0 saturated carbocycles. The molecule has 2 aliphatic heterocycles. The first-order valence-corrected chi connectivity index (χ1v) is 11.1. The van der Waals surface area contributed by atoms with Gasteiger partial charge in [-0.05, 0) is 76.0 Å². The van der Waals surface area contributed by atoms with Gasteiger partial charge in [-0.25, -0.2) is 0 Å². The van der Waals surface area contributed by atoms with Gasteiger partial charge in [-0.15, -0.1) is 22.7 Å². The summed E-state index contributed by atoms with van der Waals surface area (Å²) in [5.41, 5.74) is 1.87. The van der Waals surface area contributed by atoms with Crippen molar-refractivity contribution in [3.63, 3.8) is 0 Å². The van der Waals surface area contributed by atoms with Crippen molar-refractivity contribution >= 4 is 72.5 Å². The zero-order valence-electron chi connectivity index (χ0n) is 13.0. The van der Waals surface area contributed by atoms with E-state index in [4.69, 9.17) is 0 Å². The maximum absolute atomic E-state index is 13.2. The van der Waals surface area contributed by atoms with E-state index in [1.54, 1.807) is 22.7 Å². The third-order valence-corrected chi connectivity index (χ3v) is 7.99. The van der Waals surface area contributed by atoms with E-state index in [2.05, 4.69) is 78.9 Å². The van der Waals surface area contributed by atoms with Crippen molar-refractivity contribution in [2.45, 2.75) is 24.9 Å². The lowest BCUT2D eigenvalue weighted by molar-refractivity contribution is -0.114. The van der Waals surface area contributed by atoms with Crippen LogP contribution in [0.15, 0.2) is 43.0 Å². The molecule has 0 spiro atoms. The van der Waals surface area contributed by atoms with Crippen LogP contribution in [0.5, 0.6) is 0 Å². The number of thiophene rings is 2. The molecule has 2 fully saturated rings. The third-order valence-electron chi connectivity index (χ3n) is 4.71. The first-order valence-electron chi connectivity index (χ1n) is 7.71. The van der Waals surface area contributed by atoms with Crippen molar-refractivity contribution in [2.75, 3.05) is 7.05 Å². The molecule has 2 bridgehead atoms. The van der Waals surface area contributed by atoms with Gasteiger partial charge in [0.2, 0.25) is 0 Å². The zero-order valence-corrected chi connectivity index (χ0v) is 17.8. The molecule has 4 rings (SSSR count). The van der Waals surface area contributed by atoms with E-state index < -0.39 is 0 Å². The molecule has 2 nitrogen and oxygen atoms in total. The Morgan fingerprint density at radius 3 is 1.83 bits per heavy atom. The Labute approximate surface area is 166 Å². The van der Waals surface area contributed by atoms with Crippen LogP contribution in [0.25, 0.3) is 12.2 Å². The molecule has 124 valence electrons. The van der Waals surface area contributed by atoms with E-state index in [1.165, 1.54) is 0 Å². The minimum absolute atomic E-state index is 0.217.